The lowest BCUT2D eigenvalue weighted by atomic mass is 9.97. The number of rotatable bonds is 5. The normalized spacial score (nSPS) is 16.2. The molecule has 0 saturated carbocycles. The van der Waals surface area contributed by atoms with Gasteiger partial charge in [0.25, 0.3) is 0 Å². The number of likely N-dealkylation sites (tertiary alicyclic amines) is 1. The van der Waals surface area contributed by atoms with Gasteiger partial charge in [0, 0.05) is 24.3 Å². The van der Waals surface area contributed by atoms with Crippen molar-refractivity contribution in [2.24, 2.45) is 11.7 Å². The summed E-state index contributed by atoms with van der Waals surface area (Å²) in [6.07, 6.45) is 1.77. The Morgan fingerprint density at radius 2 is 2.07 bits per heavy atom. The third-order valence-corrected chi connectivity index (χ3v) is 4.98. The predicted octanol–water partition coefficient (Wildman–Crippen LogP) is 3.20. The zero-order chi connectivity index (χ0) is 19.4. The van der Waals surface area contributed by atoms with Crippen LogP contribution in [-0.4, -0.2) is 37.0 Å². The number of primary amides is 1. The Labute approximate surface area is 159 Å². The number of carbonyl (C=O) groups excluding carboxylic acids is 2. The first-order chi connectivity index (χ1) is 13.0. The van der Waals surface area contributed by atoms with Gasteiger partial charge in [-0.15, -0.1) is 0 Å². The van der Waals surface area contributed by atoms with Gasteiger partial charge in [-0.25, -0.2) is 4.79 Å². The Hall–Kier alpha value is -3.02. The van der Waals surface area contributed by atoms with Gasteiger partial charge in [-0.3, -0.25) is 4.79 Å². The van der Waals surface area contributed by atoms with Crippen molar-refractivity contribution in [3.63, 3.8) is 0 Å². The number of urea groups is 1. The fourth-order valence-corrected chi connectivity index (χ4v) is 3.47. The Morgan fingerprint density at radius 3 is 2.78 bits per heavy atom. The van der Waals surface area contributed by atoms with Crippen LogP contribution in [0.5, 0.6) is 5.75 Å². The molecule has 0 spiro atoms. The van der Waals surface area contributed by atoms with Gasteiger partial charge in [-0.1, -0.05) is 12.1 Å². The van der Waals surface area contributed by atoms with Crippen molar-refractivity contribution in [3.05, 3.63) is 59.2 Å². The summed E-state index contributed by atoms with van der Waals surface area (Å²) in [5.74, 6) is 0.722. The number of ether oxygens (including phenoxy) is 1. The Morgan fingerprint density at radius 1 is 1.26 bits per heavy atom. The lowest BCUT2D eigenvalue weighted by molar-refractivity contribution is 0.1000. The van der Waals surface area contributed by atoms with Gasteiger partial charge < -0.3 is 20.7 Å². The zero-order valence-electron chi connectivity index (χ0n) is 15.7. The molecule has 0 bridgehead atoms. The molecule has 1 saturated heterocycles. The van der Waals surface area contributed by atoms with Crippen LogP contribution in [0, 0.1) is 12.8 Å². The smallest absolute Gasteiger partial charge is 0.321 e. The second-order valence-electron chi connectivity index (χ2n) is 6.98. The average molecular weight is 367 g/mol. The van der Waals surface area contributed by atoms with Crippen molar-refractivity contribution in [2.75, 3.05) is 25.5 Å². The lowest BCUT2D eigenvalue weighted by Crippen LogP contribution is -2.33. The third-order valence-electron chi connectivity index (χ3n) is 4.98. The maximum atomic E-state index is 12.6. The van der Waals surface area contributed by atoms with E-state index in [-0.39, 0.29) is 6.03 Å². The molecule has 1 heterocycles. The third kappa shape index (κ3) is 4.58. The molecule has 0 aromatic heterocycles. The highest BCUT2D eigenvalue weighted by molar-refractivity contribution is 5.93. The number of benzene rings is 2. The van der Waals surface area contributed by atoms with E-state index in [4.69, 9.17) is 10.5 Å². The van der Waals surface area contributed by atoms with Crippen molar-refractivity contribution in [1.82, 2.24) is 4.90 Å². The number of nitrogens with zero attached hydrogens (tertiary/aromatic N) is 1. The summed E-state index contributed by atoms with van der Waals surface area (Å²) in [5, 5.41) is 2.98. The molecule has 1 aliphatic rings. The Kier molecular flexibility index (Phi) is 5.64. The second kappa shape index (κ2) is 8.12. The highest BCUT2D eigenvalue weighted by atomic mass is 16.5. The van der Waals surface area contributed by atoms with Crippen molar-refractivity contribution in [1.29, 1.82) is 0 Å². The van der Waals surface area contributed by atoms with Gasteiger partial charge in [-0.05, 0) is 67.1 Å². The number of aryl methyl sites for hydroxylation is 1. The van der Waals surface area contributed by atoms with Gasteiger partial charge in [0.05, 0.1) is 7.11 Å². The maximum absolute atomic E-state index is 12.6. The minimum Gasteiger partial charge on any atom is -0.497 e. The molecule has 0 radical (unpaired) electrons. The molecule has 2 aromatic carbocycles. The van der Waals surface area contributed by atoms with Crippen LogP contribution in [0.2, 0.25) is 0 Å². The topological polar surface area (TPSA) is 84.7 Å². The van der Waals surface area contributed by atoms with Gasteiger partial charge in [0.1, 0.15) is 5.75 Å². The van der Waals surface area contributed by atoms with Crippen LogP contribution < -0.4 is 15.8 Å². The van der Waals surface area contributed by atoms with E-state index in [1.54, 1.807) is 13.2 Å². The Balaban J connectivity index is 1.58. The van der Waals surface area contributed by atoms with Crippen molar-refractivity contribution < 1.29 is 14.3 Å². The summed E-state index contributed by atoms with van der Waals surface area (Å²) in [6.45, 7) is 3.36. The SMILES string of the molecule is COc1ccc(NC(=O)N2CC[C@@H](Cc3cccc(C(N)=O)c3)C2)c(C)c1. The molecule has 6 heteroatoms. The first-order valence-electron chi connectivity index (χ1n) is 9.05. The Bertz CT molecular complexity index is 850. The van der Waals surface area contributed by atoms with Crippen molar-refractivity contribution in [2.45, 2.75) is 19.8 Å². The second-order valence-corrected chi connectivity index (χ2v) is 6.98. The van der Waals surface area contributed by atoms with Crippen molar-refractivity contribution in [3.8, 4) is 5.75 Å². The van der Waals surface area contributed by atoms with Gasteiger partial charge >= 0.3 is 6.03 Å². The average Bonchev–Trinajstić information content (AvgIpc) is 3.12. The van der Waals surface area contributed by atoms with E-state index in [9.17, 15) is 9.59 Å². The fraction of sp³-hybridized carbons (Fsp3) is 0.333. The molecule has 1 atom stereocenters. The van der Waals surface area contributed by atoms with Gasteiger partial charge in [0.2, 0.25) is 5.91 Å². The molecule has 6 nitrogen and oxygen atoms in total. The van der Waals surface area contributed by atoms with Crippen LogP contribution in [0.3, 0.4) is 0 Å². The van der Waals surface area contributed by atoms with E-state index in [2.05, 4.69) is 5.32 Å². The van der Waals surface area contributed by atoms with Crippen LogP contribution in [0.25, 0.3) is 0 Å². The number of nitrogens with one attached hydrogen (secondary N) is 1. The molecule has 27 heavy (non-hydrogen) atoms. The van der Waals surface area contributed by atoms with Crippen LogP contribution in [0.1, 0.15) is 27.9 Å². The van der Waals surface area contributed by atoms with E-state index < -0.39 is 5.91 Å². The number of hydrogen-bond acceptors (Lipinski definition) is 3. The monoisotopic (exact) mass is 367 g/mol. The number of methoxy groups -OCH3 is 1. The van der Waals surface area contributed by atoms with Gasteiger partial charge in [-0.2, -0.15) is 0 Å². The van der Waals surface area contributed by atoms with Gasteiger partial charge in [0.15, 0.2) is 0 Å². The summed E-state index contributed by atoms with van der Waals surface area (Å²) in [7, 11) is 1.62. The van der Waals surface area contributed by atoms with Crippen LogP contribution in [0.15, 0.2) is 42.5 Å². The number of hydrogen-bond donors (Lipinski definition) is 2. The maximum Gasteiger partial charge on any atom is 0.321 e. The molecular formula is C21H25N3O3. The van der Waals surface area contributed by atoms with Crippen LogP contribution >= 0.6 is 0 Å². The minimum atomic E-state index is -0.417. The van der Waals surface area contributed by atoms with E-state index in [0.717, 1.165) is 42.0 Å². The fourth-order valence-electron chi connectivity index (χ4n) is 3.47. The lowest BCUT2D eigenvalue weighted by Gasteiger charge is -2.19. The molecule has 142 valence electrons. The summed E-state index contributed by atoms with van der Waals surface area (Å²) in [4.78, 5) is 25.8. The molecule has 3 N–H and O–H groups in total. The largest absolute Gasteiger partial charge is 0.497 e. The number of amides is 3. The van der Waals surface area contributed by atoms with Crippen LogP contribution in [-0.2, 0) is 6.42 Å². The molecule has 0 aliphatic carbocycles. The molecule has 2 aromatic rings. The van der Waals surface area contributed by atoms with Crippen molar-refractivity contribution >= 4 is 17.6 Å². The summed E-state index contributed by atoms with van der Waals surface area (Å²) in [6, 6.07) is 12.9. The number of anilines is 1. The highest BCUT2D eigenvalue weighted by Crippen LogP contribution is 2.24. The van der Waals surface area contributed by atoms with E-state index in [1.165, 1.54) is 0 Å². The predicted molar refractivity (Wildman–Crippen MR) is 105 cm³/mol. The zero-order valence-corrected chi connectivity index (χ0v) is 15.7. The van der Waals surface area contributed by atoms with Crippen LogP contribution in [0.4, 0.5) is 10.5 Å². The minimum absolute atomic E-state index is 0.0864. The molecule has 1 aliphatic heterocycles. The number of carbonyl (C=O) groups is 2. The molecule has 0 unspecified atom stereocenters. The summed E-state index contributed by atoms with van der Waals surface area (Å²) in [5.41, 5.74) is 8.70. The standard InChI is InChI=1S/C21H25N3O3/c1-14-10-18(27-2)6-7-19(14)23-21(26)24-9-8-16(13-24)11-15-4-3-5-17(12-15)20(22)25/h3-7,10,12,16H,8-9,11,13H2,1-2H3,(H2,22,25)(H,23,26)/t16-/m0/s1. The first kappa shape index (κ1) is 18.8. The number of nitrogens with two attached hydrogens (primary N) is 1. The summed E-state index contributed by atoms with van der Waals surface area (Å²) >= 11 is 0. The quantitative estimate of drug-likeness (QED) is 0.851. The summed E-state index contributed by atoms with van der Waals surface area (Å²) < 4.78 is 5.20. The van der Waals surface area contributed by atoms with E-state index in [0.29, 0.717) is 18.0 Å². The molecular weight excluding hydrogens is 342 g/mol. The molecule has 3 rings (SSSR count). The highest BCUT2D eigenvalue weighted by Gasteiger charge is 2.26. The first-order valence-corrected chi connectivity index (χ1v) is 9.05. The van der Waals surface area contributed by atoms with E-state index in [1.807, 2.05) is 48.2 Å². The molecule has 3 amide bonds. The molecule has 1 fully saturated rings. The van der Waals surface area contributed by atoms with E-state index >= 15 is 0 Å².